The van der Waals surface area contributed by atoms with Gasteiger partial charge in [-0.25, -0.2) is 97.6 Å². The first-order valence-corrected chi connectivity index (χ1v) is 18.3. The quantitative estimate of drug-likeness (QED) is 0.0385. The Morgan fingerprint density at radius 1 is 0.485 bits per heavy atom. The lowest BCUT2D eigenvalue weighted by molar-refractivity contribution is -0.689. The van der Waals surface area contributed by atoms with Crippen LogP contribution in [0.1, 0.15) is 41.7 Å². The highest BCUT2D eigenvalue weighted by atomic mass is 19.2. The summed E-state index contributed by atoms with van der Waals surface area (Å²) in [6.07, 6.45) is 2.36. The maximum Gasteiger partial charge on any atom is 0.363 e. The largest absolute Gasteiger partial charge is 0.457 e. The third-order valence-corrected chi connectivity index (χ3v) is 10.5. The normalized spacial score (nSPS) is 13.0. The summed E-state index contributed by atoms with van der Waals surface area (Å²) in [6, 6.07) is 10.1. The van der Waals surface area contributed by atoms with E-state index in [0.29, 0.717) is 12.2 Å². The van der Waals surface area contributed by atoms with E-state index in [1.807, 2.05) is 29.0 Å². The van der Waals surface area contributed by atoms with Crippen LogP contribution >= 0.6 is 0 Å². The number of esters is 1. The molecule has 1 aliphatic rings. The van der Waals surface area contributed by atoms with Crippen molar-refractivity contribution in [3.8, 4) is 0 Å². The van der Waals surface area contributed by atoms with Crippen molar-refractivity contribution in [2.75, 3.05) is 0 Å². The van der Waals surface area contributed by atoms with Gasteiger partial charge >= 0.3 is 5.97 Å². The Morgan fingerprint density at radius 3 is 1.11 bits per heavy atom. The first-order valence-electron chi connectivity index (χ1n) is 18.3. The van der Waals surface area contributed by atoms with E-state index < -0.39 is 144 Å². The Morgan fingerprint density at radius 2 is 0.788 bits per heavy atom. The summed E-state index contributed by atoms with van der Waals surface area (Å²) in [7, 11) is 0. The van der Waals surface area contributed by atoms with Gasteiger partial charge in [-0.05, 0) is 25.7 Å². The second kappa shape index (κ2) is 18.7. The smallest absolute Gasteiger partial charge is 0.363 e. The second-order valence-electron chi connectivity index (χ2n) is 14.2. The fraction of sp³-hybridized carbons (Fsp3) is 0.146. The molecule has 5 aromatic carbocycles. The van der Waals surface area contributed by atoms with Gasteiger partial charge in [-0.1, -0.05) is 30.3 Å². The average molecular weight is 962 g/mol. The lowest BCUT2D eigenvalue weighted by Crippen LogP contribution is -2.81. The van der Waals surface area contributed by atoms with Gasteiger partial charge in [0.05, 0.1) is 6.20 Å². The number of nitrogens with zero attached hydrogens (tertiary/aromatic N) is 2. The van der Waals surface area contributed by atoms with Gasteiger partial charge in [-0.15, -0.1) is 21.9 Å². The highest BCUT2D eigenvalue weighted by molar-refractivity contribution is 7.20. The van der Waals surface area contributed by atoms with Crippen molar-refractivity contribution in [3.63, 3.8) is 0 Å². The second-order valence-corrected chi connectivity index (χ2v) is 14.2. The maximum absolute atomic E-state index is 15.4. The molecule has 0 radical (unpaired) electrons. The number of hydrogen-bond donors (Lipinski definition) is 0. The first-order chi connectivity index (χ1) is 31.0. The van der Waals surface area contributed by atoms with Crippen molar-refractivity contribution in [3.05, 3.63) is 177 Å². The Kier molecular flexibility index (Phi) is 13.8. The summed E-state index contributed by atoms with van der Waals surface area (Å²) >= 11 is 0. The average Bonchev–Trinajstić information content (AvgIpc) is 3.82. The minimum absolute atomic E-state index is 0.0714. The van der Waals surface area contributed by atoms with Gasteiger partial charge in [0.1, 0.15) is 58.8 Å². The standard InChI is InChI=1S/C24BF20.C17H19N2O2/c26-5-1(6(27)14(35)21(42)13(5)34)25(2-7(28)15(36)22(43)16(37)8(2)29,3-9(30)17(38)23(44)18(39)10(3)31)4-11(32)19(40)24(45)20(41)12(4)33;20-17(21-15-8-4-5-9-15)16-13-19(11-10-18-16)12-14-6-2-1-3-7-14/h;1-3,6-7,10-11,13,15H,4-5,8-9,12H2/q-1;+1. The van der Waals surface area contributed by atoms with Crippen LogP contribution in [0, 0.1) is 116 Å². The molecular formula is C41H19BF20N2O2. The highest BCUT2D eigenvalue weighted by Gasteiger charge is 2.52. The third kappa shape index (κ3) is 8.04. The van der Waals surface area contributed by atoms with E-state index in [9.17, 15) is 57.5 Å². The zero-order valence-electron chi connectivity index (χ0n) is 32.1. The summed E-state index contributed by atoms with van der Waals surface area (Å²) in [5.74, 6) is -71.7. The predicted octanol–water partition coefficient (Wildman–Crippen LogP) is 8.36. The molecule has 0 amide bonds. The SMILES string of the molecule is Fc1c(F)c(F)c([B-](c2c(F)c(F)c(F)c(F)c2F)(c2c(F)c(F)c(F)c(F)c2F)c2c(F)c(F)c(F)c(F)c2F)c(F)c1F.O=C(OC1CCCC1)c1c[n+](Cc2ccccc2)ccn1. The van der Waals surface area contributed by atoms with Crippen molar-refractivity contribution < 1.29 is 102 Å². The summed E-state index contributed by atoms with van der Waals surface area (Å²) in [5, 5.41) is 0. The molecule has 1 aliphatic carbocycles. The molecule has 0 saturated heterocycles. The van der Waals surface area contributed by atoms with Crippen molar-refractivity contribution in [2.24, 2.45) is 0 Å². The predicted molar refractivity (Wildman–Crippen MR) is 187 cm³/mol. The van der Waals surface area contributed by atoms with Crippen LogP contribution in [0.15, 0.2) is 48.9 Å². The zero-order chi connectivity index (χ0) is 48.8. The van der Waals surface area contributed by atoms with Crippen LogP contribution < -0.4 is 26.4 Å². The van der Waals surface area contributed by atoms with Crippen LogP contribution in [0.5, 0.6) is 0 Å². The van der Waals surface area contributed by atoms with Crippen molar-refractivity contribution in [2.45, 2.75) is 38.3 Å². The number of ether oxygens (including phenoxy) is 1. The van der Waals surface area contributed by atoms with E-state index in [2.05, 4.69) is 17.1 Å². The topological polar surface area (TPSA) is 43.1 Å². The number of rotatable bonds is 8. The molecule has 1 heterocycles. The van der Waals surface area contributed by atoms with E-state index in [1.54, 1.807) is 12.4 Å². The molecule has 348 valence electrons. The van der Waals surface area contributed by atoms with E-state index in [4.69, 9.17) is 4.74 Å². The van der Waals surface area contributed by atoms with E-state index in [-0.39, 0.29) is 12.1 Å². The van der Waals surface area contributed by atoms with Crippen LogP contribution in [0.2, 0.25) is 0 Å². The van der Waals surface area contributed by atoms with Crippen molar-refractivity contribution >= 4 is 34.0 Å². The lowest BCUT2D eigenvalue weighted by atomic mass is 9.12. The molecule has 0 unspecified atom stereocenters. The monoisotopic (exact) mass is 962 g/mol. The zero-order valence-corrected chi connectivity index (χ0v) is 32.1. The molecule has 1 fully saturated rings. The molecule has 1 aromatic heterocycles. The Balaban J connectivity index is 0.000000284. The van der Waals surface area contributed by atoms with Gasteiger partial charge in [0.15, 0.2) is 82.5 Å². The Bertz CT molecular complexity index is 2530. The van der Waals surface area contributed by atoms with Crippen LogP contribution in [0.25, 0.3) is 0 Å². The minimum atomic E-state index is -7.22. The molecule has 0 bridgehead atoms. The lowest BCUT2D eigenvalue weighted by Gasteiger charge is -2.44. The molecule has 0 N–H and O–H groups in total. The molecule has 7 rings (SSSR count). The van der Waals surface area contributed by atoms with Crippen LogP contribution in [-0.4, -0.2) is 23.2 Å². The summed E-state index contributed by atoms with van der Waals surface area (Å²) in [5.41, 5.74) is -12.8. The van der Waals surface area contributed by atoms with Gasteiger partial charge < -0.3 is 4.74 Å². The summed E-state index contributed by atoms with van der Waals surface area (Å²) in [6.45, 7) is 0.715. The van der Waals surface area contributed by atoms with Gasteiger partial charge in [-0.2, -0.15) is 4.57 Å². The van der Waals surface area contributed by atoms with Crippen LogP contribution in [0.4, 0.5) is 87.8 Å². The highest BCUT2D eigenvalue weighted by Crippen LogP contribution is 2.31. The minimum Gasteiger partial charge on any atom is -0.457 e. The van der Waals surface area contributed by atoms with Gasteiger partial charge in [-0.3, -0.25) is 0 Å². The Labute approximate surface area is 355 Å². The molecular weight excluding hydrogens is 943 g/mol. The third-order valence-electron chi connectivity index (χ3n) is 10.5. The molecule has 6 aromatic rings. The molecule has 1 saturated carbocycles. The van der Waals surface area contributed by atoms with Crippen molar-refractivity contribution in [1.82, 2.24) is 4.98 Å². The maximum atomic E-state index is 15.4. The molecule has 66 heavy (non-hydrogen) atoms. The number of carbonyl (C=O) groups excluding carboxylic acids is 1. The van der Waals surface area contributed by atoms with Gasteiger partial charge in [0.2, 0.25) is 11.9 Å². The fourth-order valence-corrected chi connectivity index (χ4v) is 7.52. The van der Waals surface area contributed by atoms with Crippen LogP contribution in [-0.2, 0) is 11.3 Å². The number of hydrogen-bond acceptors (Lipinski definition) is 3. The van der Waals surface area contributed by atoms with E-state index >= 15 is 35.1 Å². The molecule has 0 spiro atoms. The first kappa shape index (κ1) is 48.8. The van der Waals surface area contributed by atoms with Crippen molar-refractivity contribution in [1.29, 1.82) is 0 Å². The molecule has 4 nitrogen and oxygen atoms in total. The molecule has 0 aliphatic heterocycles. The number of halogens is 20. The van der Waals surface area contributed by atoms with Gasteiger partial charge in [0.25, 0.3) is 0 Å². The van der Waals surface area contributed by atoms with Crippen LogP contribution in [0.3, 0.4) is 0 Å². The number of carbonyl (C=O) groups is 1. The van der Waals surface area contributed by atoms with E-state index in [1.165, 1.54) is 5.56 Å². The Hall–Kier alpha value is -6.69. The summed E-state index contributed by atoms with van der Waals surface area (Å²) < 4.78 is 301. The molecule has 0 atom stereocenters. The van der Waals surface area contributed by atoms with E-state index in [0.717, 1.165) is 25.7 Å². The van der Waals surface area contributed by atoms with Gasteiger partial charge in [0, 0.05) is 5.56 Å². The summed E-state index contributed by atoms with van der Waals surface area (Å²) in [4.78, 5) is 16.2. The molecule has 25 heteroatoms. The number of benzene rings is 5. The fourth-order valence-electron chi connectivity index (χ4n) is 7.52. The number of aromatic nitrogens is 2.